The Morgan fingerprint density at radius 1 is 1.00 bits per heavy atom. The minimum absolute atomic E-state index is 0.0424. The predicted molar refractivity (Wildman–Crippen MR) is 121 cm³/mol. The van der Waals surface area contributed by atoms with Gasteiger partial charge in [-0.1, -0.05) is 33.8 Å². The maximum Gasteiger partial charge on any atom is 0.335 e. The molecule has 0 saturated carbocycles. The zero-order chi connectivity index (χ0) is 22.3. The van der Waals surface area contributed by atoms with Crippen LogP contribution in [0.2, 0.25) is 0 Å². The molecule has 0 aliphatic heterocycles. The van der Waals surface area contributed by atoms with E-state index < -0.39 is 5.97 Å². The summed E-state index contributed by atoms with van der Waals surface area (Å²) in [5.74, 6) is -1.21. The van der Waals surface area contributed by atoms with Crippen LogP contribution in [-0.4, -0.2) is 28.1 Å². The molecule has 2 aromatic carbocycles. The number of amides is 2. The fourth-order valence-corrected chi connectivity index (χ4v) is 3.75. The van der Waals surface area contributed by atoms with Crippen molar-refractivity contribution in [2.75, 3.05) is 10.6 Å². The van der Waals surface area contributed by atoms with Gasteiger partial charge < -0.3 is 15.7 Å². The molecule has 1 unspecified atom stereocenters. The summed E-state index contributed by atoms with van der Waals surface area (Å²) in [5, 5.41) is 14.4. The van der Waals surface area contributed by atoms with Crippen LogP contribution in [0.3, 0.4) is 0 Å². The number of aromatic carboxylic acids is 1. The average molecular weight is 429 g/mol. The molecule has 160 valence electrons. The highest BCUT2D eigenvalue weighted by Crippen LogP contribution is 2.29. The fraction of sp³-hybridized carbons (Fsp3) is 0.348. The van der Waals surface area contributed by atoms with Crippen molar-refractivity contribution in [1.29, 1.82) is 0 Å². The molecule has 2 rings (SSSR count). The number of hydrogen-bond donors (Lipinski definition) is 3. The number of carbonyl (C=O) groups is 3. The molecule has 0 radical (unpaired) electrons. The van der Waals surface area contributed by atoms with Gasteiger partial charge in [0.2, 0.25) is 11.8 Å². The third-order valence-electron chi connectivity index (χ3n) is 4.15. The Hall–Kier alpha value is -2.80. The molecule has 0 aliphatic rings. The number of nitrogens with one attached hydrogen (secondary N) is 2. The number of carboxylic acid groups (broad SMARTS) is 1. The summed E-state index contributed by atoms with van der Waals surface area (Å²) in [6, 6.07) is 13.5. The molecule has 0 spiro atoms. The van der Waals surface area contributed by atoms with E-state index in [-0.39, 0.29) is 28.0 Å². The van der Waals surface area contributed by atoms with E-state index in [1.54, 1.807) is 12.1 Å². The first-order chi connectivity index (χ1) is 14.1. The highest BCUT2D eigenvalue weighted by molar-refractivity contribution is 8.00. The lowest BCUT2D eigenvalue weighted by atomic mass is 9.92. The van der Waals surface area contributed by atoms with Gasteiger partial charge >= 0.3 is 5.97 Å². The van der Waals surface area contributed by atoms with Crippen LogP contribution in [0.25, 0.3) is 0 Å². The summed E-state index contributed by atoms with van der Waals surface area (Å²) >= 11 is 1.42. The lowest BCUT2D eigenvalue weighted by Crippen LogP contribution is -2.24. The van der Waals surface area contributed by atoms with Crippen molar-refractivity contribution in [3.8, 4) is 0 Å². The van der Waals surface area contributed by atoms with Crippen molar-refractivity contribution in [3.63, 3.8) is 0 Å². The van der Waals surface area contributed by atoms with Gasteiger partial charge in [-0.15, -0.1) is 11.8 Å². The van der Waals surface area contributed by atoms with E-state index in [2.05, 4.69) is 10.6 Å². The molecule has 0 aliphatic carbocycles. The molecule has 7 heteroatoms. The SMILES string of the molecule is CCC(Sc1cccc(NC(=O)CC(C)(C)C)c1)C(=O)Nc1ccc(C(=O)O)cc1. The van der Waals surface area contributed by atoms with Crippen LogP contribution in [0.15, 0.2) is 53.4 Å². The summed E-state index contributed by atoms with van der Waals surface area (Å²) in [5.41, 5.74) is 1.32. The largest absolute Gasteiger partial charge is 0.478 e. The topological polar surface area (TPSA) is 95.5 Å². The number of benzene rings is 2. The van der Waals surface area contributed by atoms with Crippen molar-refractivity contribution in [1.82, 2.24) is 0 Å². The minimum atomic E-state index is -1.01. The smallest absolute Gasteiger partial charge is 0.335 e. The monoisotopic (exact) mass is 428 g/mol. The third-order valence-corrected chi connectivity index (χ3v) is 5.51. The van der Waals surface area contributed by atoms with E-state index in [4.69, 9.17) is 5.11 Å². The summed E-state index contributed by atoms with van der Waals surface area (Å²) in [6.07, 6.45) is 1.04. The maximum atomic E-state index is 12.7. The van der Waals surface area contributed by atoms with Crippen LogP contribution >= 0.6 is 11.8 Å². The van der Waals surface area contributed by atoms with Crippen molar-refractivity contribution in [3.05, 3.63) is 54.1 Å². The molecular formula is C23H28N2O4S. The molecule has 30 heavy (non-hydrogen) atoms. The zero-order valence-corrected chi connectivity index (χ0v) is 18.5. The van der Waals surface area contributed by atoms with Gasteiger partial charge in [-0.2, -0.15) is 0 Å². The van der Waals surface area contributed by atoms with E-state index in [0.29, 0.717) is 24.2 Å². The molecule has 0 bridgehead atoms. The van der Waals surface area contributed by atoms with Crippen molar-refractivity contribution < 1.29 is 19.5 Å². The fourth-order valence-electron chi connectivity index (χ4n) is 2.74. The van der Waals surface area contributed by atoms with Crippen LogP contribution in [0, 0.1) is 5.41 Å². The molecular weight excluding hydrogens is 400 g/mol. The first-order valence-corrected chi connectivity index (χ1v) is 10.7. The predicted octanol–water partition coefficient (Wildman–Crippen LogP) is 5.27. The van der Waals surface area contributed by atoms with Crippen molar-refractivity contribution in [2.24, 2.45) is 5.41 Å². The molecule has 0 aromatic heterocycles. The van der Waals surface area contributed by atoms with Gasteiger partial charge in [0.1, 0.15) is 0 Å². The van der Waals surface area contributed by atoms with E-state index in [1.165, 1.54) is 23.9 Å². The number of hydrogen-bond acceptors (Lipinski definition) is 4. The number of carboxylic acids is 1. The average Bonchev–Trinajstić information content (AvgIpc) is 2.65. The molecule has 1 atom stereocenters. The van der Waals surface area contributed by atoms with E-state index in [9.17, 15) is 14.4 Å². The summed E-state index contributed by atoms with van der Waals surface area (Å²) in [6.45, 7) is 7.97. The first-order valence-electron chi connectivity index (χ1n) is 9.78. The van der Waals surface area contributed by atoms with Gasteiger partial charge in [-0.25, -0.2) is 4.79 Å². The molecule has 2 amide bonds. The molecule has 6 nitrogen and oxygen atoms in total. The van der Waals surface area contributed by atoms with Crippen molar-refractivity contribution in [2.45, 2.75) is 50.7 Å². The highest BCUT2D eigenvalue weighted by atomic mass is 32.2. The van der Waals surface area contributed by atoms with E-state index >= 15 is 0 Å². The second kappa shape index (κ2) is 10.3. The Morgan fingerprint density at radius 2 is 1.67 bits per heavy atom. The van der Waals surface area contributed by atoms with Gasteiger partial charge in [0.15, 0.2) is 0 Å². The Kier molecular flexibility index (Phi) is 8.06. The van der Waals surface area contributed by atoms with Crippen LogP contribution in [0.1, 0.15) is 50.9 Å². The normalized spacial score (nSPS) is 12.1. The Bertz CT molecular complexity index is 904. The number of thioether (sulfide) groups is 1. The number of rotatable bonds is 8. The lowest BCUT2D eigenvalue weighted by molar-refractivity contribution is -0.118. The quantitative estimate of drug-likeness (QED) is 0.498. The molecule has 0 saturated heterocycles. The van der Waals surface area contributed by atoms with Gasteiger partial charge in [0.05, 0.1) is 10.8 Å². The lowest BCUT2D eigenvalue weighted by Gasteiger charge is -2.18. The van der Waals surface area contributed by atoms with Gasteiger partial charge in [0.25, 0.3) is 0 Å². The van der Waals surface area contributed by atoms with Crippen LogP contribution in [-0.2, 0) is 9.59 Å². The minimum Gasteiger partial charge on any atom is -0.478 e. The molecule has 2 aromatic rings. The van der Waals surface area contributed by atoms with Crippen LogP contribution in [0.5, 0.6) is 0 Å². The van der Waals surface area contributed by atoms with Gasteiger partial charge in [-0.3, -0.25) is 9.59 Å². The second-order valence-corrected chi connectivity index (χ2v) is 9.48. The van der Waals surface area contributed by atoms with Crippen molar-refractivity contribution >= 4 is 40.9 Å². The Morgan fingerprint density at radius 3 is 2.23 bits per heavy atom. The number of carbonyl (C=O) groups excluding carboxylic acids is 2. The zero-order valence-electron chi connectivity index (χ0n) is 17.7. The van der Waals surface area contributed by atoms with E-state index in [1.807, 2.05) is 52.0 Å². The first kappa shape index (κ1) is 23.5. The Balaban J connectivity index is 2.01. The van der Waals surface area contributed by atoms with E-state index in [0.717, 1.165) is 4.90 Å². The third kappa shape index (κ3) is 7.55. The summed E-state index contributed by atoms with van der Waals surface area (Å²) in [7, 11) is 0. The molecule has 0 heterocycles. The maximum absolute atomic E-state index is 12.7. The van der Waals surface area contributed by atoms with Gasteiger partial charge in [-0.05, 0) is 54.3 Å². The highest BCUT2D eigenvalue weighted by Gasteiger charge is 2.19. The van der Waals surface area contributed by atoms with Crippen LogP contribution < -0.4 is 10.6 Å². The second-order valence-electron chi connectivity index (χ2n) is 8.20. The summed E-state index contributed by atoms with van der Waals surface area (Å²) in [4.78, 5) is 36.7. The summed E-state index contributed by atoms with van der Waals surface area (Å²) < 4.78 is 0. The molecule has 0 fully saturated rings. The van der Waals surface area contributed by atoms with Crippen LogP contribution in [0.4, 0.5) is 11.4 Å². The molecule has 3 N–H and O–H groups in total. The van der Waals surface area contributed by atoms with Gasteiger partial charge in [0, 0.05) is 22.7 Å². The number of anilines is 2. The standard InChI is InChI=1S/C23H28N2O4S/c1-5-19(21(27)25-16-11-9-15(10-12-16)22(28)29)30-18-8-6-7-17(13-18)24-20(26)14-23(2,3)4/h6-13,19H,5,14H2,1-4H3,(H,24,26)(H,25,27)(H,28,29). The Labute approximate surface area is 181 Å².